The Hall–Kier alpha value is -1.44. The molecule has 22 heavy (non-hydrogen) atoms. The number of rotatable bonds is 4. The molecular formula is C15H17NO4S2. The molecule has 0 bridgehead atoms. The summed E-state index contributed by atoms with van der Waals surface area (Å²) in [5.74, 6) is 3.58. The lowest BCUT2D eigenvalue weighted by atomic mass is 10.3. The van der Waals surface area contributed by atoms with Crippen molar-refractivity contribution in [3.63, 3.8) is 0 Å². The average molecular weight is 339 g/mol. The molecule has 0 aromatic carbocycles. The molecule has 0 atom stereocenters. The molecule has 2 aromatic rings. The summed E-state index contributed by atoms with van der Waals surface area (Å²) in [6.07, 6.45) is 0. The summed E-state index contributed by atoms with van der Waals surface area (Å²) in [5.41, 5.74) is 0. The van der Waals surface area contributed by atoms with Crippen molar-refractivity contribution in [3.05, 3.63) is 20.5 Å². The van der Waals surface area contributed by atoms with Crippen LogP contribution in [0.1, 0.15) is 9.75 Å². The lowest BCUT2D eigenvalue weighted by molar-refractivity contribution is 0.167. The predicted molar refractivity (Wildman–Crippen MR) is 85.8 cm³/mol. The van der Waals surface area contributed by atoms with Gasteiger partial charge in [-0.3, -0.25) is 4.90 Å². The van der Waals surface area contributed by atoms with Gasteiger partial charge in [-0.15, -0.1) is 22.7 Å². The highest BCUT2D eigenvalue weighted by molar-refractivity contribution is 7.11. The second-order valence-corrected chi connectivity index (χ2v) is 7.20. The van der Waals surface area contributed by atoms with Crippen LogP contribution in [0, 0.1) is 0 Å². The number of thiophene rings is 2. The van der Waals surface area contributed by atoms with Crippen molar-refractivity contribution in [3.8, 4) is 23.0 Å². The molecule has 0 radical (unpaired) electrons. The molecule has 2 aliphatic rings. The Kier molecular flexibility index (Phi) is 3.85. The summed E-state index contributed by atoms with van der Waals surface area (Å²) in [4.78, 5) is 4.67. The molecule has 0 N–H and O–H groups in total. The van der Waals surface area contributed by atoms with Crippen molar-refractivity contribution >= 4 is 22.7 Å². The molecule has 7 heteroatoms. The van der Waals surface area contributed by atoms with Gasteiger partial charge in [0.2, 0.25) is 0 Å². The molecule has 4 heterocycles. The molecule has 0 aliphatic carbocycles. The molecule has 118 valence electrons. The topological polar surface area (TPSA) is 40.2 Å². The zero-order valence-corrected chi connectivity index (χ0v) is 13.9. The van der Waals surface area contributed by atoms with Gasteiger partial charge in [0.1, 0.15) is 26.4 Å². The van der Waals surface area contributed by atoms with Crippen molar-refractivity contribution in [2.45, 2.75) is 13.1 Å². The monoisotopic (exact) mass is 339 g/mol. The molecule has 0 spiro atoms. The van der Waals surface area contributed by atoms with E-state index in [1.807, 2.05) is 10.8 Å². The zero-order valence-electron chi connectivity index (χ0n) is 12.3. The lowest BCUT2D eigenvalue weighted by Crippen LogP contribution is -2.20. The fourth-order valence-corrected chi connectivity index (χ4v) is 4.57. The SMILES string of the molecule is CN(Cc1scc2c1OCCO2)Cc1scc2c1OCCO2. The quantitative estimate of drug-likeness (QED) is 0.856. The van der Waals surface area contributed by atoms with E-state index in [1.165, 1.54) is 9.75 Å². The van der Waals surface area contributed by atoms with Gasteiger partial charge < -0.3 is 18.9 Å². The normalized spacial score (nSPS) is 16.1. The molecule has 2 aromatic heterocycles. The zero-order chi connectivity index (χ0) is 14.9. The Balaban J connectivity index is 1.45. The first-order valence-electron chi connectivity index (χ1n) is 7.21. The summed E-state index contributed by atoms with van der Waals surface area (Å²) < 4.78 is 22.7. The predicted octanol–water partition coefficient (Wildman–Crippen LogP) is 2.98. The van der Waals surface area contributed by atoms with Crippen LogP contribution >= 0.6 is 22.7 Å². The first-order chi connectivity index (χ1) is 10.8. The molecule has 2 aliphatic heterocycles. The van der Waals surface area contributed by atoms with Gasteiger partial charge in [0.15, 0.2) is 23.0 Å². The maximum atomic E-state index is 5.74. The third kappa shape index (κ3) is 2.64. The minimum absolute atomic E-state index is 0.629. The van der Waals surface area contributed by atoms with Crippen molar-refractivity contribution in [1.29, 1.82) is 0 Å². The van der Waals surface area contributed by atoms with E-state index in [9.17, 15) is 0 Å². The second kappa shape index (κ2) is 5.98. The van der Waals surface area contributed by atoms with Gasteiger partial charge in [0.25, 0.3) is 0 Å². The maximum Gasteiger partial charge on any atom is 0.176 e. The highest BCUT2D eigenvalue weighted by Gasteiger charge is 2.22. The van der Waals surface area contributed by atoms with Gasteiger partial charge in [-0.1, -0.05) is 0 Å². The fraction of sp³-hybridized carbons (Fsp3) is 0.467. The molecule has 0 saturated carbocycles. The third-order valence-electron chi connectivity index (χ3n) is 3.57. The van der Waals surface area contributed by atoms with Crippen molar-refractivity contribution in [2.75, 3.05) is 33.5 Å². The van der Waals surface area contributed by atoms with Crippen LogP contribution in [0.2, 0.25) is 0 Å². The van der Waals surface area contributed by atoms with E-state index in [4.69, 9.17) is 18.9 Å². The lowest BCUT2D eigenvalue weighted by Gasteiger charge is -2.20. The summed E-state index contributed by atoms with van der Waals surface area (Å²) >= 11 is 3.38. The molecule has 0 fully saturated rings. The van der Waals surface area contributed by atoms with Crippen LogP contribution < -0.4 is 18.9 Å². The maximum absolute atomic E-state index is 5.74. The number of hydrogen-bond acceptors (Lipinski definition) is 7. The largest absolute Gasteiger partial charge is 0.485 e. The van der Waals surface area contributed by atoms with E-state index in [2.05, 4.69) is 11.9 Å². The van der Waals surface area contributed by atoms with E-state index >= 15 is 0 Å². The third-order valence-corrected chi connectivity index (χ3v) is 5.43. The Morgan fingerprint density at radius 2 is 1.27 bits per heavy atom. The van der Waals surface area contributed by atoms with Gasteiger partial charge in [-0.25, -0.2) is 0 Å². The Bertz CT molecular complexity index is 610. The first kappa shape index (κ1) is 14.2. The standard InChI is InChI=1S/C15H17NO4S2/c1-16(6-12-14-10(8-21-12)17-2-4-19-14)7-13-15-11(9-22-13)18-3-5-20-15/h8-9H,2-7H2,1H3. The van der Waals surface area contributed by atoms with Crippen LogP contribution in [-0.4, -0.2) is 38.4 Å². The molecule has 4 rings (SSSR count). The van der Waals surface area contributed by atoms with Gasteiger partial charge in [0, 0.05) is 23.8 Å². The average Bonchev–Trinajstić information content (AvgIpc) is 3.13. The Morgan fingerprint density at radius 3 is 1.77 bits per heavy atom. The van der Waals surface area contributed by atoms with E-state index < -0.39 is 0 Å². The highest BCUT2D eigenvalue weighted by Crippen LogP contribution is 2.42. The Morgan fingerprint density at radius 1 is 0.818 bits per heavy atom. The molecule has 5 nitrogen and oxygen atoms in total. The summed E-state index contributed by atoms with van der Waals surface area (Å²) in [6, 6.07) is 0. The van der Waals surface area contributed by atoms with Crippen molar-refractivity contribution in [2.24, 2.45) is 0 Å². The van der Waals surface area contributed by atoms with Crippen LogP contribution in [0.3, 0.4) is 0 Å². The van der Waals surface area contributed by atoms with Crippen LogP contribution in [0.4, 0.5) is 0 Å². The molecule has 0 amide bonds. The number of hydrogen-bond donors (Lipinski definition) is 0. The fourth-order valence-electron chi connectivity index (χ4n) is 2.60. The first-order valence-corrected chi connectivity index (χ1v) is 8.97. The van der Waals surface area contributed by atoms with Crippen LogP contribution in [0.15, 0.2) is 10.8 Å². The minimum atomic E-state index is 0.629. The molecular weight excluding hydrogens is 322 g/mol. The van der Waals surface area contributed by atoms with E-state index in [0.717, 1.165) is 36.1 Å². The van der Waals surface area contributed by atoms with Gasteiger partial charge in [-0.05, 0) is 7.05 Å². The van der Waals surface area contributed by atoms with Crippen LogP contribution in [-0.2, 0) is 13.1 Å². The van der Waals surface area contributed by atoms with E-state index in [0.29, 0.717) is 26.4 Å². The minimum Gasteiger partial charge on any atom is -0.485 e. The second-order valence-electron chi connectivity index (χ2n) is 5.27. The van der Waals surface area contributed by atoms with Gasteiger partial charge in [0.05, 0.1) is 9.75 Å². The summed E-state index contributed by atoms with van der Waals surface area (Å²) in [6.45, 7) is 4.19. The van der Waals surface area contributed by atoms with Crippen LogP contribution in [0.5, 0.6) is 23.0 Å². The van der Waals surface area contributed by atoms with Gasteiger partial charge >= 0.3 is 0 Å². The van der Waals surface area contributed by atoms with Gasteiger partial charge in [-0.2, -0.15) is 0 Å². The van der Waals surface area contributed by atoms with Crippen molar-refractivity contribution in [1.82, 2.24) is 4.90 Å². The molecule has 0 saturated heterocycles. The highest BCUT2D eigenvalue weighted by atomic mass is 32.1. The van der Waals surface area contributed by atoms with E-state index in [-0.39, 0.29) is 0 Å². The summed E-state index contributed by atoms with van der Waals surface area (Å²) in [5, 5.41) is 4.06. The van der Waals surface area contributed by atoms with E-state index in [1.54, 1.807) is 22.7 Å². The summed E-state index contributed by atoms with van der Waals surface area (Å²) in [7, 11) is 2.10. The smallest absolute Gasteiger partial charge is 0.176 e. The number of ether oxygens (including phenoxy) is 4. The van der Waals surface area contributed by atoms with Crippen LogP contribution in [0.25, 0.3) is 0 Å². The van der Waals surface area contributed by atoms with Crippen molar-refractivity contribution < 1.29 is 18.9 Å². The Labute approximate surface area is 137 Å². The molecule has 0 unspecified atom stereocenters. The number of fused-ring (bicyclic) bond motifs is 2. The number of nitrogens with zero attached hydrogens (tertiary/aromatic N) is 1.